The second kappa shape index (κ2) is 5.66. The van der Waals surface area contributed by atoms with Gasteiger partial charge >= 0.3 is 0 Å². The van der Waals surface area contributed by atoms with E-state index in [1.54, 1.807) is 16.7 Å². The van der Waals surface area contributed by atoms with Gasteiger partial charge < -0.3 is 5.32 Å². The molecule has 0 aromatic heterocycles. The molecular weight excluding hydrogens is 230 g/mol. The van der Waals surface area contributed by atoms with E-state index in [1.165, 1.54) is 64.5 Å². The maximum absolute atomic E-state index is 3.65. The largest absolute Gasteiger partial charge is 0.316 e. The molecule has 2 aliphatic rings. The second-order valence-corrected chi connectivity index (χ2v) is 6.66. The fourth-order valence-electron chi connectivity index (χ4n) is 3.79. The van der Waals surface area contributed by atoms with Crippen LogP contribution in [0.1, 0.15) is 55.7 Å². The zero-order valence-electron chi connectivity index (χ0n) is 12.3. The predicted octanol–water partition coefficient (Wildman–Crippen LogP) is 3.89. The van der Waals surface area contributed by atoms with Gasteiger partial charge in [0.15, 0.2) is 0 Å². The Morgan fingerprint density at radius 1 is 1.11 bits per heavy atom. The van der Waals surface area contributed by atoms with Crippen LogP contribution in [-0.2, 0) is 19.3 Å². The molecule has 0 bridgehead atoms. The molecule has 3 rings (SSSR count). The fourth-order valence-corrected chi connectivity index (χ4v) is 3.79. The molecule has 0 radical (unpaired) electrons. The minimum Gasteiger partial charge on any atom is -0.316 e. The maximum atomic E-state index is 3.65. The highest BCUT2D eigenvalue weighted by Gasteiger charge is 2.36. The maximum Gasteiger partial charge on any atom is 0.00110 e. The van der Waals surface area contributed by atoms with E-state index in [1.807, 2.05) is 0 Å². The topological polar surface area (TPSA) is 12.0 Å². The molecule has 0 heterocycles. The van der Waals surface area contributed by atoms with Crippen LogP contribution in [0.3, 0.4) is 0 Å². The first-order chi connectivity index (χ1) is 9.31. The van der Waals surface area contributed by atoms with Crippen molar-refractivity contribution in [2.75, 3.05) is 13.1 Å². The molecule has 0 spiro atoms. The monoisotopic (exact) mass is 257 g/mol. The molecule has 0 atom stereocenters. The minimum atomic E-state index is 0.571. The van der Waals surface area contributed by atoms with E-state index >= 15 is 0 Å². The summed E-state index contributed by atoms with van der Waals surface area (Å²) in [5.74, 6) is 0. The van der Waals surface area contributed by atoms with Crippen LogP contribution in [0.25, 0.3) is 0 Å². The minimum absolute atomic E-state index is 0.571. The van der Waals surface area contributed by atoms with E-state index in [4.69, 9.17) is 0 Å². The number of benzene rings is 1. The van der Waals surface area contributed by atoms with Gasteiger partial charge in [-0.1, -0.05) is 31.5 Å². The van der Waals surface area contributed by atoms with Gasteiger partial charge in [-0.05, 0) is 73.6 Å². The van der Waals surface area contributed by atoms with Crippen LogP contribution in [0.5, 0.6) is 0 Å². The summed E-state index contributed by atoms with van der Waals surface area (Å²) in [5, 5.41) is 3.65. The number of aryl methyl sites for hydroxylation is 2. The molecule has 0 unspecified atom stereocenters. The van der Waals surface area contributed by atoms with Gasteiger partial charge in [0.05, 0.1) is 0 Å². The number of fused-ring (bicyclic) bond motifs is 1. The molecule has 0 aliphatic heterocycles. The Morgan fingerprint density at radius 2 is 1.95 bits per heavy atom. The van der Waals surface area contributed by atoms with Crippen LogP contribution in [0.15, 0.2) is 18.2 Å². The van der Waals surface area contributed by atoms with Crippen molar-refractivity contribution in [1.29, 1.82) is 0 Å². The van der Waals surface area contributed by atoms with E-state index in [9.17, 15) is 0 Å². The van der Waals surface area contributed by atoms with Gasteiger partial charge in [0.2, 0.25) is 0 Å². The van der Waals surface area contributed by atoms with E-state index < -0.39 is 0 Å². The van der Waals surface area contributed by atoms with Crippen molar-refractivity contribution >= 4 is 0 Å². The summed E-state index contributed by atoms with van der Waals surface area (Å²) >= 11 is 0. The number of rotatable bonds is 6. The Labute approximate surface area is 117 Å². The summed E-state index contributed by atoms with van der Waals surface area (Å²) in [4.78, 5) is 0. The van der Waals surface area contributed by atoms with Crippen molar-refractivity contribution in [2.45, 2.75) is 58.3 Å². The summed E-state index contributed by atoms with van der Waals surface area (Å²) in [5.41, 5.74) is 5.39. The standard InChI is InChI=1S/C18H27N/c1-2-11-19-14-18(9-4-10-18)13-15-7-8-16-5-3-6-17(16)12-15/h7-8,12,19H,2-6,9-11,13-14H2,1H3. The molecule has 19 heavy (non-hydrogen) atoms. The molecule has 2 aliphatic carbocycles. The van der Waals surface area contributed by atoms with Crippen molar-refractivity contribution in [3.05, 3.63) is 34.9 Å². The molecule has 1 heteroatoms. The van der Waals surface area contributed by atoms with Crippen LogP contribution in [0.2, 0.25) is 0 Å². The third kappa shape index (κ3) is 2.86. The molecule has 1 saturated carbocycles. The second-order valence-electron chi connectivity index (χ2n) is 6.66. The molecule has 0 amide bonds. The smallest absolute Gasteiger partial charge is 0.00110 e. The van der Waals surface area contributed by atoms with Gasteiger partial charge in [-0.25, -0.2) is 0 Å². The molecule has 1 fully saturated rings. The molecular formula is C18H27N. The highest BCUT2D eigenvalue weighted by Crippen LogP contribution is 2.43. The summed E-state index contributed by atoms with van der Waals surface area (Å²) < 4.78 is 0. The molecule has 1 aromatic rings. The summed E-state index contributed by atoms with van der Waals surface area (Å²) in [6.07, 6.45) is 10.8. The number of nitrogens with one attached hydrogen (secondary N) is 1. The van der Waals surface area contributed by atoms with Crippen LogP contribution < -0.4 is 5.32 Å². The van der Waals surface area contributed by atoms with Crippen molar-refractivity contribution in [2.24, 2.45) is 5.41 Å². The molecule has 1 aromatic carbocycles. The average Bonchev–Trinajstić information content (AvgIpc) is 2.83. The number of hydrogen-bond acceptors (Lipinski definition) is 1. The Bertz CT molecular complexity index is 431. The first-order valence-electron chi connectivity index (χ1n) is 8.13. The molecule has 1 nitrogen and oxygen atoms in total. The summed E-state index contributed by atoms with van der Waals surface area (Å²) in [6, 6.07) is 7.29. The SMILES string of the molecule is CCCNCC1(Cc2ccc3c(c2)CCC3)CCC1. The van der Waals surface area contributed by atoms with Gasteiger partial charge in [0.25, 0.3) is 0 Å². The molecule has 0 saturated heterocycles. The Hall–Kier alpha value is -0.820. The van der Waals surface area contributed by atoms with Crippen LogP contribution in [-0.4, -0.2) is 13.1 Å². The van der Waals surface area contributed by atoms with Gasteiger partial charge in [-0.3, -0.25) is 0 Å². The lowest BCUT2D eigenvalue weighted by molar-refractivity contribution is 0.130. The Morgan fingerprint density at radius 3 is 2.68 bits per heavy atom. The summed E-state index contributed by atoms with van der Waals surface area (Å²) in [7, 11) is 0. The molecule has 104 valence electrons. The lowest BCUT2D eigenvalue weighted by atomic mass is 9.65. The molecule has 1 N–H and O–H groups in total. The fraction of sp³-hybridized carbons (Fsp3) is 0.667. The first-order valence-corrected chi connectivity index (χ1v) is 8.13. The first kappa shape index (κ1) is 13.2. The lowest BCUT2D eigenvalue weighted by Crippen LogP contribution is -2.41. The Kier molecular flexibility index (Phi) is 3.93. The highest BCUT2D eigenvalue weighted by molar-refractivity contribution is 5.35. The quantitative estimate of drug-likeness (QED) is 0.762. The van der Waals surface area contributed by atoms with Crippen molar-refractivity contribution in [3.63, 3.8) is 0 Å². The normalized spacial score (nSPS) is 20.1. The third-order valence-corrected chi connectivity index (χ3v) is 5.08. The lowest BCUT2D eigenvalue weighted by Gasteiger charge is -2.42. The van der Waals surface area contributed by atoms with Gasteiger partial charge in [-0.15, -0.1) is 0 Å². The van der Waals surface area contributed by atoms with Crippen molar-refractivity contribution < 1.29 is 0 Å². The van der Waals surface area contributed by atoms with Gasteiger partial charge in [0, 0.05) is 6.54 Å². The van der Waals surface area contributed by atoms with Gasteiger partial charge in [0.1, 0.15) is 0 Å². The van der Waals surface area contributed by atoms with Gasteiger partial charge in [-0.2, -0.15) is 0 Å². The summed E-state index contributed by atoms with van der Waals surface area (Å²) in [6.45, 7) is 4.64. The van der Waals surface area contributed by atoms with E-state index in [0.717, 1.165) is 0 Å². The van der Waals surface area contributed by atoms with Crippen molar-refractivity contribution in [3.8, 4) is 0 Å². The van der Waals surface area contributed by atoms with Crippen LogP contribution in [0, 0.1) is 5.41 Å². The predicted molar refractivity (Wildman–Crippen MR) is 81.6 cm³/mol. The van der Waals surface area contributed by atoms with Crippen LogP contribution >= 0.6 is 0 Å². The number of hydrogen-bond donors (Lipinski definition) is 1. The highest BCUT2D eigenvalue weighted by atomic mass is 14.9. The van der Waals surface area contributed by atoms with E-state index in [-0.39, 0.29) is 0 Å². The zero-order chi connectivity index (χ0) is 13.1. The Balaban J connectivity index is 1.65. The van der Waals surface area contributed by atoms with E-state index in [2.05, 4.69) is 30.4 Å². The third-order valence-electron chi connectivity index (χ3n) is 5.08. The zero-order valence-corrected chi connectivity index (χ0v) is 12.3. The average molecular weight is 257 g/mol. The van der Waals surface area contributed by atoms with Crippen LogP contribution in [0.4, 0.5) is 0 Å². The van der Waals surface area contributed by atoms with Crippen molar-refractivity contribution in [1.82, 2.24) is 5.32 Å². The van der Waals surface area contributed by atoms with E-state index in [0.29, 0.717) is 5.41 Å².